The summed E-state index contributed by atoms with van der Waals surface area (Å²) in [5.74, 6) is 2.40. The molecular weight excluding hydrogens is 240 g/mol. The van der Waals surface area contributed by atoms with Gasteiger partial charge in [-0.05, 0) is 0 Å². The Balaban J connectivity index is 1.78. The fourth-order valence-electron chi connectivity index (χ4n) is 1.77. The van der Waals surface area contributed by atoms with Crippen LogP contribution in [0.2, 0.25) is 0 Å². The molecule has 1 N–H and O–H groups in total. The van der Waals surface area contributed by atoms with Crippen LogP contribution < -0.4 is 5.32 Å². The standard InChI is InChI=1S/C10H12N4S2/c1-2-13-10-9(12-1)14-8(16-10)5-7-6-15-4-3-11-7/h1-2,7,11H,3-6H2. The van der Waals surface area contributed by atoms with Gasteiger partial charge in [-0.3, -0.25) is 0 Å². The summed E-state index contributed by atoms with van der Waals surface area (Å²) in [6, 6.07) is 0.555. The maximum absolute atomic E-state index is 4.50. The van der Waals surface area contributed by atoms with E-state index in [9.17, 15) is 0 Å². The van der Waals surface area contributed by atoms with Crippen LogP contribution in [0.15, 0.2) is 12.4 Å². The van der Waals surface area contributed by atoms with Crippen molar-refractivity contribution in [1.29, 1.82) is 0 Å². The lowest BCUT2D eigenvalue weighted by Crippen LogP contribution is -2.38. The maximum Gasteiger partial charge on any atom is 0.189 e. The zero-order valence-electron chi connectivity index (χ0n) is 8.72. The lowest BCUT2D eigenvalue weighted by atomic mass is 10.2. The van der Waals surface area contributed by atoms with Gasteiger partial charge in [0.2, 0.25) is 0 Å². The van der Waals surface area contributed by atoms with Gasteiger partial charge in [0.05, 0.1) is 5.01 Å². The van der Waals surface area contributed by atoms with Crippen LogP contribution in [0, 0.1) is 0 Å². The van der Waals surface area contributed by atoms with E-state index in [0.29, 0.717) is 6.04 Å². The Morgan fingerprint density at radius 3 is 3.12 bits per heavy atom. The molecule has 0 saturated carbocycles. The van der Waals surface area contributed by atoms with E-state index in [2.05, 4.69) is 20.3 Å². The third kappa shape index (κ3) is 2.18. The second kappa shape index (κ2) is 4.65. The fourth-order valence-corrected chi connectivity index (χ4v) is 3.66. The number of hydrogen-bond acceptors (Lipinski definition) is 6. The molecule has 0 aromatic carbocycles. The van der Waals surface area contributed by atoms with Crippen LogP contribution in [-0.2, 0) is 6.42 Å². The van der Waals surface area contributed by atoms with Crippen LogP contribution in [-0.4, -0.2) is 39.0 Å². The van der Waals surface area contributed by atoms with Crippen molar-refractivity contribution in [2.45, 2.75) is 12.5 Å². The Morgan fingerprint density at radius 2 is 2.31 bits per heavy atom. The molecule has 6 heteroatoms. The third-order valence-electron chi connectivity index (χ3n) is 2.51. The smallest absolute Gasteiger partial charge is 0.189 e. The molecule has 84 valence electrons. The summed E-state index contributed by atoms with van der Waals surface area (Å²) < 4.78 is 0. The highest BCUT2D eigenvalue weighted by atomic mass is 32.2. The van der Waals surface area contributed by atoms with Crippen molar-refractivity contribution >= 4 is 33.6 Å². The van der Waals surface area contributed by atoms with E-state index in [1.807, 2.05) is 11.8 Å². The van der Waals surface area contributed by atoms with Crippen LogP contribution in [0.3, 0.4) is 0 Å². The topological polar surface area (TPSA) is 50.7 Å². The Hall–Kier alpha value is -0.720. The molecule has 3 heterocycles. The number of thioether (sulfide) groups is 1. The highest BCUT2D eigenvalue weighted by molar-refractivity contribution is 7.99. The molecule has 0 amide bonds. The van der Waals surface area contributed by atoms with Gasteiger partial charge in [-0.2, -0.15) is 11.8 Å². The Labute approximate surface area is 102 Å². The first-order valence-corrected chi connectivity index (χ1v) is 7.26. The van der Waals surface area contributed by atoms with Gasteiger partial charge in [-0.15, -0.1) is 0 Å². The average Bonchev–Trinajstić information content (AvgIpc) is 2.72. The van der Waals surface area contributed by atoms with Crippen molar-refractivity contribution in [3.8, 4) is 0 Å². The number of rotatable bonds is 2. The summed E-state index contributed by atoms with van der Waals surface area (Å²) in [5, 5.41) is 4.66. The second-order valence-corrected chi connectivity index (χ2v) is 5.93. The van der Waals surface area contributed by atoms with E-state index in [0.717, 1.165) is 28.5 Å². The Kier molecular flexibility index (Phi) is 3.03. The van der Waals surface area contributed by atoms with Gasteiger partial charge < -0.3 is 5.32 Å². The van der Waals surface area contributed by atoms with Crippen molar-refractivity contribution < 1.29 is 0 Å². The molecule has 3 rings (SSSR count). The Bertz CT molecular complexity index is 445. The molecule has 1 saturated heterocycles. The normalized spacial score (nSPS) is 21.4. The van der Waals surface area contributed by atoms with Crippen LogP contribution in [0.4, 0.5) is 0 Å². The highest BCUT2D eigenvalue weighted by Gasteiger charge is 2.16. The summed E-state index contributed by atoms with van der Waals surface area (Å²) in [6.45, 7) is 1.11. The summed E-state index contributed by atoms with van der Waals surface area (Å²) in [7, 11) is 0. The molecule has 2 aromatic rings. The predicted molar refractivity (Wildman–Crippen MR) is 68.0 cm³/mol. The molecule has 0 bridgehead atoms. The lowest BCUT2D eigenvalue weighted by Gasteiger charge is -2.21. The molecule has 16 heavy (non-hydrogen) atoms. The van der Waals surface area contributed by atoms with Crippen LogP contribution in [0.1, 0.15) is 5.01 Å². The highest BCUT2D eigenvalue weighted by Crippen LogP contribution is 2.20. The second-order valence-electron chi connectivity index (χ2n) is 3.72. The summed E-state index contributed by atoms with van der Waals surface area (Å²) in [5.41, 5.74) is 0.783. The molecule has 1 aliphatic heterocycles. The molecule has 1 aliphatic rings. The van der Waals surface area contributed by atoms with E-state index in [-0.39, 0.29) is 0 Å². The van der Waals surface area contributed by atoms with Gasteiger partial charge in [0, 0.05) is 42.9 Å². The van der Waals surface area contributed by atoms with E-state index in [1.165, 1.54) is 11.5 Å². The van der Waals surface area contributed by atoms with Crippen molar-refractivity contribution in [2.24, 2.45) is 0 Å². The minimum atomic E-state index is 0.555. The van der Waals surface area contributed by atoms with E-state index < -0.39 is 0 Å². The largest absolute Gasteiger partial charge is 0.312 e. The molecule has 1 unspecified atom stereocenters. The minimum absolute atomic E-state index is 0.555. The van der Waals surface area contributed by atoms with Crippen LogP contribution in [0.5, 0.6) is 0 Å². The van der Waals surface area contributed by atoms with E-state index in [1.54, 1.807) is 23.7 Å². The van der Waals surface area contributed by atoms with Crippen molar-refractivity contribution in [3.63, 3.8) is 0 Å². The van der Waals surface area contributed by atoms with Crippen molar-refractivity contribution in [1.82, 2.24) is 20.3 Å². The summed E-state index contributed by atoms with van der Waals surface area (Å²) in [4.78, 5) is 13.9. The zero-order chi connectivity index (χ0) is 10.8. The SMILES string of the molecule is c1cnc2sc(CC3CSCCN3)nc2n1. The van der Waals surface area contributed by atoms with Crippen molar-refractivity contribution in [2.75, 3.05) is 18.1 Å². The number of nitrogens with zero attached hydrogens (tertiary/aromatic N) is 3. The number of hydrogen-bond donors (Lipinski definition) is 1. The van der Waals surface area contributed by atoms with Gasteiger partial charge in [0.1, 0.15) is 0 Å². The first-order valence-electron chi connectivity index (χ1n) is 5.29. The van der Waals surface area contributed by atoms with Gasteiger partial charge in [0.25, 0.3) is 0 Å². The molecule has 0 spiro atoms. The number of thiazole rings is 1. The molecule has 1 atom stereocenters. The third-order valence-corrected chi connectivity index (χ3v) is 4.62. The first kappa shape index (κ1) is 10.4. The monoisotopic (exact) mass is 252 g/mol. The molecule has 0 aliphatic carbocycles. The van der Waals surface area contributed by atoms with Crippen LogP contribution in [0.25, 0.3) is 10.5 Å². The van der Waals surface area contributed by atoms with E-state index >= 15 is 0 Å². The zero-order valence-corrected chi connectivity index (χ0v) is 10.4. The molecule has 1 fully saturated rings. The predicted octanol–water partition coefficient (Wildman–Crippen LogP) is 1.33. The van der Waals surface area contributed by atoms with Gasteiger partial charge >= 0.3 is 0 Å². The minimum Gasteiger partial charge on any atom is -0.312 e. The lowest BCUT2D eigenvalue weighted by molar-refractivity contribution is 0.562. The first-order chi connectivity index (χ1) is 7.92. The maximum atomic E-state index is 4.50. The van der Waals surface area contributed by atoms with E-state index in [4.69, 9.17) is 0 Å². The summed E-state index contributed by atoms with van der Waals surface area (Å²) in [6.07, 6.45) is 4.41. The quantitative estimate of drug-likeness (QED) is 0.874. The van der Waals surface area contributed by atoms with Crippen LogP contribution >= 0.6 is 23.1 Å². The van der Waals surface area contributed by atoms with Gasteiger partial charge in [-0.25, -0.2) is 15.0 Å². The molecular formula is C10H12N4S2. The number of nitrogens with one attached hydrogen (secondary N) is 1. The average molecular weight is 252 g/mol. The van der Waals surface area contributed by atoms with Crippen molar-refractivity contribution in [3.05, 3.63) is 17.4 Å². The Morgan fingerprint density at radius 1 is 1.38 bits per heavy atom. The number of aromatic nitrogens is 3. The fraction of sp³-hybridized carbons (Fsp3) is 0.500. The molecule has 0 radical (unpaired) electrons. The number of fused-ring (bicyclic) bond motifs is 1. The van der Waals surface area contributed by atoms with Gasteiger partial charge in [-0.1, -0.05) is 11.3 Å². The molecule has 4 nitrogen and oxygen atoms in total. The molecule has 2 aromatic heterocycles. The summed E-state index contributed by atoms with van der Waals surface area (Å²) >= 11 is 3.67. The van der Waals surface area contributed by atoms with Gasteiger partial charge in [0.15, 0.2) is 10.5 Å².